The predicted octanol–water partition coefficient (Wildman–Crippen LogP) is 4.41. The van der Waals surface area contributed by atoms with Crippen molar-refractivity contribution >= 4 is 22.9 Å². The minimum atomic E-state index is 0.0367. The Morgan fingerprint density at radius 3 is 2.81 bits per heavy atom. The normalized spacial score (nSPS) is 16.0. The highest BCUT2D eigenvalue weighted by Crippen LogP contribution is 2.50. The molecule has 0 atom stereocenters. The van der Waals surface area contributed by atoms with E-state index in [0.29, 0.717) is 0 Å². The smallest absolute Gasteiger partial charge is 0.0849 e. The summed E-state index contributed by atoms with van der Waals surface area (Å²) in [6.07, 6.45) is 0. The second-order valence-corrected chi connectivity index (χ2v) is 6.06. The number of thiophene rings is 1. The van der Waals surface area contributed by atoms with Crippen LogP contribution in [0.1, 0.15) is 30.7 Å². The van der Waals surface area contributed by atoms with E-state index < -0.39 is 0 Å². The van der Waals surface area contributed by atoms with Crippen molar-refractivity contribution in [3.8, 4) is 10.6 Å². The van der Waals surface area contributed by atoms with Crippen LogP contribution in [0, 0.1) is 6.92 Å². The van der Waals surface area contributed by atoms with E-state index in [1.807, 2.05) is 6.92 Å². The first-order valence-corrected chi connectivity index (χ1v) is 6.53. The van der Waals surface area contributed by atoms with E-state index >= 15 is 0 Å². The summed E-state index contributed by atoms with van der Waals surface area (Å²) in [5.74, 6) is 0. The molecule has 0 amide bonds. The molecule has 2 aromatic rings. The van der Waals surface area contributed by atoms with Crippen molar-refractivity contribution in [2.75, 3.05) is 0 Å². The van der Waals surface area contributed by atoms with Crippen molar-refractivity contribution in [1.82, 2.24) is 4.98 Å². The average Bonchev–Trinajstić information content (AvgIpc) is 2.75. The van der Waals surface area contributed by atoms with Crippen LogP contribution in [0.4, 0.5) is 0 Å². The number of rotatable bonds is 0. The van der Waals surface area contributed by atoms with E-state index in [4.69, 9.17) is 11.6 Å². The van der Waals surface area contributed by atoms with Gasteiger partial charge in [-0.3, -0.25) is 4.98 Å². The van der Waals surface area contributed by atoms with Gasteiger partial charge in [0.2, 0.25) is 0 Å². The van der Waals surface area contributed by atoms with Gasteiger partial charge in [-0.2, -0.15) is 0 Å². The molecule has 16 heavy (non-hydrogen) atoms. The van der Waals surface area contributed by atoms with Crippen LogP contribution in [0.3, 0.4) is 0 Å². The molecule has 2 heterocycles. The largest absolute Gasteiger partial charge is 0.250 e. The van der Waals surface area contributed by atoms with E-state index in [-0.39, 0.29) is 5.41 Å². The highest BCUT2D eigenvalue weighted by atomic mass is 35.5. The fourth-order valence-electron chi connectivity index (χ4n) is 2.36. The molecule has 0 unspecified atom stereocenters. The topological polar surface area (TPSA) is 12.9 Å². The molecule has 0 aliphatic heterocycles. The van der Waals surface area contributed by atoms with Gasteiger partial charge >= 0.3 is 0 Å². The van der Waals surface area contributed by atoms with Crippen molar-refractivity contribution in [2.24, 2.45) is 0 Å². The molecule has 3 rings (SSSR count). The quantitative estimate of drug-likeness (QED) is 0.674. The highest BCUT2D eigenvalue weighted by molar-refractivity contribution is 7.13. The number of aromatic nitrogens is 1. The first kappa shape index (κ1) is 10.3. The third-order valence-corrected chi connectivity index (χ3v) is 4.68. The Morgan fingerprint density at radius 2 is 2.06 bits per heavy atom. The second-order valence-electron chi connectivity index (χ2n) is 4.74. The molecule has 0 saturated heterocycles. The summed E-state index contributed by atoms with van der Waals surface area (Å²) < 4.78 is 0. The van der Waals surface area contributed by atoms with Crippen LogP contribution in [0.5, 0.6) is 0 Å². The van der Waals surface area contributed by atoms with Crippen LogP contribution in [0.15, 0.2) is 17.5 Å². The van der Waals surface area contributed by atoms with Crippen LogP contribution < -0.4 is 0 Å². The number of hydrogen-bond acceptors (Lipinski definition) is 2. The second kappa shape index (κ2) is 3.08. The summed E-state index contributed by atoms with van der Waals surface area (Å²) in [5.41, 5.74) is 4.70. The number of aryl methyl sites for hydroxylation is 1. The molecule has 0 bridgehead atoms. The maximum atomic E-state index is 6.17. The number of nitrogens with zero attached hydrogens (tertiary/aromatic N) is 1. The average molecular weight is 250 g/mol. The zero-order chi connectivity index (χ0) is 11.5. The van der Waals surface area contributed by atoms with Crippen LogP contribution >= 0.6 is 22.9 Å². The van der Waals surface area contributed by atoms with Gasteiger partial charge in [-0.05, 0) is 35.6 Å². The molecular weight excluding hydrogens is 238 g/mol. The van der Waals surface area contributed by atoms with Crippen molar-refractivity contribution in [3.05, 3.63) is 39.4 Å². The summed E-state index contributed by atoms with van der Waals surface area (Å²) in [6, 6.07) is 4.27. The monoisotopic (exact) mass is 249 g/mol. The van der Waals surface area contributed by atoms with Crippen molar-refractivity contribution < 1.29 is 0 Å². The van der Waals surface area contributed by atoms with Crippen LogP contribution in [0.2, 0.25) is 5.02 Å². The summed E-state index contributed by atoms with van der Waals surface area (Å²) >= 11 is 7.94. The molecule has 0 spiro atoms. The summed E-state index contributed by atoms with van der Waals surface area (Å²) in [5, 5.41) is 2.91. The zero-order valence-corrected chi connectivity index (χ0v) is 11.0. The lowest BCUT2D eigenvalue weighted by Crippen LogP contribution is -2.14. The Bertz CT molecular complexity index is 584. The molecule has 3 heteroatoms. The molecule has 0 radical (unpaired) electrons. The van der Waals surface area contributed by atoms with Crippen LogP contribution in [-0.2, 0) is 5.41 Å². The summed E-state index contributed by atoms with van der Waals surface area (Å²) in [4.78, 5) is 5.95. The van der Waals surface area contributed by atoms with Gasteiger partial charge in [-0.15, -0.1) is 11.3 Å². The summed E-state index contributed by atoms with van der Waals surface area (Å²) in [6.45, 7) is 6.43. The molecule has 0 aromatic carbocycles. The molecular formula is C13H12ClNS. The molecule has 0 fully saturated rings. The molecule has 2 aromatic heterocycles. The fraction of sp³-hybridized carbons (Fsp3) is 0.308. The van der Waals surface area contributed by atoms with E-state index in [9.17, 15) is 0 Å². The number of hydrogen-bond donors (Lipinski definition) is 0. The van der Waals surface area contributed by atoms with Gasteiger partial charge < -0.3 is 0 Å². The molecule has 1 nitrogen and oxygen atoms in total. The lowest BCUT2D eigenvalue weighted by Gasteiger charge is -2.20. The molecule has 0 saturated carbocycles. The van der Waals surface area contributed by atoms with Gasteiger partial charge in [0, 0.05) is 5.41 Å². The Balaban J connectivity index is 2.40. The predicted molar refractivity (Wildman–Crippen MR) is 69.4 cm³/mol. The first-order chi connectivity index (χ1) is 7.51. The number of fused-ring (bicyclic) bond motifs is 3. The molecule has 82 valence electrons. The lowest BCUT2D eigenvalue weighted by atomic mass is 9.84. The van der Waals surface area contributed by atoms with Crippen molar-refractivity contribution in [1.29, 1.82) is 0 Å². The van der Waals surface area contributed by atoms with Crippen LogP contribution in [0.25, 0.3) is 10.6 Å². The molecule has 1 aliphatic rings. The maximum absolute atomic E-state index is 6.17. The van der Waals surface area contributed by atoms with E-state index in [1.165, 1.54) is 16.0 Å². The Labute approximate surface area is 104 Å². The van der Waals surface area contributed by atoms with Gasteiger partial charge in [0.15, 0.2) is 0 Å². The number of halogens is 1. The Hall–Kier alpha value is -0.860. The van der Waals surface area contributed by atoms with Gasteiger partial charge in [0.1, 0.15) is 0 Å². The van der Waals surface area contributed by atoms with Gasteiger partial charge in [-0.25, -0.2) is 0 Å². The molecule has 0 N–H and O–H groups in total. The van der Waals surface area contributed by atoms with Gasteiger partial charge in [-0.1, -0.05) is 25.4 Å². The number of pyridine rings is 1. The Morgan fingerprint density at radius 1 is 1.31 bits per heavy atom. The fourth-order valence-corrected chi connectivity index (χ4v) is 3.57. The van der Waals surface area contributed by atoms with E-state index in [1.54, 1.807) is 11.3 Å². The van der Waals surface area contributed by atoms with E-state index in [0.717, 1.165) is 16.4 Å². The summed E-state index contributed by atoms with van der Waals surface area (Å²) in [7, 11) is 0. The van der Waals surface area contributed by atoms with Gasteiger partial charge in [0.25, 0.3) is 0 Å². The standard InChI is InChI=1S/C13H12ClNS/c1-7-10(14)6-9-11(15-7)12-8(4-5-16-12)13(9,2)3/h4-6H,1-3H3. The van der Waals surface area contributed by atoms with Crippen molar-refractivity contribution in [2.45, 2.75) is 26.2 Å². The lowest BCUT2D eigenvalue weighted by molar-refractivity contribution is 0.660. The molecule has 1 aliphatic carbocycles. The Kier molecular flexibility index (Phi) is 1.99. The highest BCUT2D eigenvalue weighted by Gasteiger charge is 2.37. The zero-order valence-electron chi connectivity index (χ0n) is 9.47. The van der Waals surface area contributed by atoms with E-state index in [2.05, 4.69) is 36.3 Å². The SMILES string of the molecule is Cc1nc2c(cc1Cl)C(C)(C)c1ccsc1-2. The third-order valence-electron chi connectivity index (χ3n) is 3.38. The van der Waals surface area contributed by atoms with Gasteiger partial charge in [0.05, 0.1) is 21.3 Å². The third kappa shape index (κ3) is 1.14. The minimum Gasteiger partial charge on any atom is -0.250 e. The maximum Gasteiger partial charge on any atom is 0.0849 e. The minimum absolute atomic E-state index is 0.0367. The van der Waals surface area contributed by atoms with Crippen LogP contribution in [-0.4, -0.2) is 4.98 Å². The van der Waals surface area contributed by atoms with Crippen molar-refractivity contribution in [3.63, 3.8) is 0 Å². The first-order valence-electron chi connectivity index (χ1n) is 5.28.